The van der Waals surface area contributed by atoms with Crippen LogP contribution < -0.4 is 10.6 Å². The van der Waals surface area contributed by atoms with Gasteiger partial charge in [-0.25, -0.2) is 0 Å². The van der Waals surface area contributed by atoms with E-state index in [1.165, 1.54) is 0 Å². The predicted molar refractivity (Wildman–Crippen MR) is 59.0 cm³/mol. The van der Waals surface area contributed by atoms with Gasteiger partial charge in [0.05, 0.1) is 12.1 Å². The molecule has 0 aliphatic rings. The molecule has 0 aromatic heterocycles. The van der Waals surface area contributed by atoms with E-state index in [1.807, 2.05) is 31.2 Å². The van der Waals surface area contributed by atoms with Crippen LogP contribution in [0.2, 0.25) is 0 Å². The molecule has 0 radical (unpaired) electrons. The van der Waals surface area contributed by atoms with Gasteiger partial charge in [-0.15, -0.1) is 0 Å². The lowest BCUT2D eigenvalue weighted by atomic mass is 10.1. The summed E-state index contributed by atoms with van der Waals surface area (Å²) in [6.45, 7) is 2.31. The Morgan fingerprint density at radius 1 is 1.27 bits per heavy atom. The van der Waals surface area contributed by atoms with Crippen LogP contribution in [0.4, 0.5) is 11.4 Å². The quantitative estimate of drug-likeness (QED) is 0.591. The third-order valence-electron chi connectivity index (χ3n) is 2.14. The van der Waals surface area contributed by atoms with Crippen LogP contribution in [0.1, 0.15) is 5.56 Å². The highest BCUT2D eigenvalue weighted by Gasteiger charge is 2.06. The van der Waals surface area contributed by atoms with Gasteiger partial charge in [-0.05, 0) is 30.7 Å². The first kappa shape index (κ1) is 10.9. The monoisotopic (exact) mass is 200 g/mol. The Hall–Kier alpha value is -2.20. The van der Waals surface area contributed by atoms with Crippen LogP contribution >= 0.6 is 0 Å². The molecule has 0 aliphatic heterocycles. The summed E-state index contributed by atoms with van der Waals surface area (Å²) in [5.41, 5.74) is 8.21. The van der Waals surface area contributed by atoms with Gasteiger partial charge < -0.3 is 10.6 Å². The Kier molecular flexibility index (Phi) is 3.54. The van der Waals surface area contributed by atoms with E-state index in [9.17, 15) is 0 Å². The first-order valence-corrected chi connectivity index (χ1v) is 4.54. The summed E-state index contributed by atoms with van der Waals surface area (Å²) in [4.78, 5) is 1.70. The second-order valence-electron chi connectivity index (χ2n) is 3.21. The maximum Gasteiger partial charge on any atom is 0.106 e. The van der Waals surface area contributed by atoms with Crippen molar-refractivity contribution in [3.8, 4) is 12.1 Å². The number of hydrogen-bond donors (Lipinski definition) is 1. The summed E-state index contributed by atoms with van der Waals surface area (Å²) in [6, 6.07) is 9.54. The van der Waals surface area contributed by atoms with Gasteiger partial charge in [0, 0.05) is 11.4 Å². The lowest BCUT2D eigenvalue weighted by Crippen LogP contribution is -2.23. The lowest BCUT2D eigenvalue weighted by molar-refractivity contribution is 0.965. The largest absolute Gasteiger partial charge is 0.399 e. The zero-order valence-electron chi connectivity index (χ0n) is 8.57. The molecule has 0 amide bonds. The molecule has 15 heavy (non-hydrogen) atoms. The standard InChI is InChI=1S/C11H12N4/c1-9-8-10(2-3-11(9)14)15(6-4-12)7-5-13/h2-3,8H,6-7,14H2,1H3. The molecule has 1 rings (SSSR count). The van der Waals surface area contributed by atoms with Crippen molar-refractivity contribution in [3.05, 3.63) is 23.8 Å². The highest BCUT2D eigenvalue weighted by molar-refractivity contribution is 5.58. The van der Waals surface area contributed by atoms with E-state index >= 15 is 0 Å². The molecule has 0 atom stereocenters. The van der Waals surface area contributed by atoms with Gasteiger partial charge in [-0.1, -0.05) is 0 Å². The van der Waals surface area contributed by atoms with Crippen LogP contribution in [0.5, 0.6) is 0 Å². The Labute approximate surface area is 89.1 Å². The number of aryl methyl sites for hydroxylation is 1. The summed E-state index contributed by atoms with van der Waals surface area (Å²) < 4.78 is 0. The lowest BCUT2D eigenvalue weighted by Gasteiger charge is -2.18. The minimum atomic E-state index is 0.205. The molecule has 0 heterocycles. The van der Waals surface area contributed by atoms with E-state index < -0.39 is 0 Å². The molecule has 1 aromatic rings. The number of nitriles is 2. The SMILES string of the molecule is Cc1cc(N(CC#N)CC#N)ccc1N. The molecule has 76 valence electrons. The molecule has 0 fully saturated rings. The van der Waals surface area contributed by atoms with Crippen molar-refractivity contribution in [2.45, 2.75) is 6.92 Å². The van der Waals surface area contributed by atoms with Crippen LogP contribution in [0.15, 0.2) is 18.2 Å². The van der Waals surface area contributed by atoms with Gasteiger partial charge in [0.1, 0.15) is 13.1 Å². The number of hydrogen-bond acceptors (Lipinski definition) is 4. The third-order valence-corrected chi connectivity index (χ3v) is 2.14. The number of rotatable bonds is 3. The molecule has 2 N–H and O–H groups in total. The maximum absolute atomic E-state index is 8.62. The fraction of sp³-hybridized carbons (Fsp3) is 0.273. The van der Waals surface area contributed by atoms with E-state index in [1.54, 1.807) is 11.0 Å². The first-order chi connectivity index (χ1) is 7.19. The van der Waals surface area contributed by atoms with E-state index in [2.05, 4.69) is 0 Å². The smallest absolute Gasteiger partial charge is 0.106 e. The molecule has 4 nitrogen and oxygen atoms in total. The van der Waals surface area contributed by atoms with Crippen LogP contribution in [0.25, 0.3) is 0 Å². The fourth-order valence-electron chi connectivity index (χ4n) is 1.27. The van der Waals surface area contributed by atoms with E-state index in [0.717, 1.165) is 11.3 Å². The zero-order chi connectivity index (χ0) is 11.3. The summed E-state index contributed by atoms with van der Waals surface area (Å²) in [6.07, 6.45) is 0. The number of nitrogen functional groups attached to an aromatic ring is 1. The second kappa shape index (κ2) is 4.88. The van der Waals surface area contributed by atoms with Crippen molar-refractivity contribution in [3.63, 3.8) is 0 Å². The second-order valence-corrected chi connectivity index (χ2v) is 3.21. The normalized spacial score (nSPS) is 9.00. The Morgan fingerprint density at radius 2 is 1.87 bits per heavy atom. The van der Waals surface area contributed by atoms with Crippen molar-refractivity contribution in [2.75, 3.05) is 23.7 Å². The van der Waals surface area contributed by atoms with Gasteiger partial charge in [-0.2, -0.15) is 10.5 Å². The zero-order valence-corrected chi connectivity index (χ0v) is 8.57. The van der Waals surface area contributed by atoms with E-state index in [-0.39, 0.29) is 13.1 Å². The number of anilines is 2. The molecular weight excluding hydrogens is 188 g/mol. The van der Waals surface area contributed by atoms with Crippen molar-refractivity contribution in [1.82, 2.24) is 0 Å². The van der Waals surface area contributed by atoms with Gasteiger partial charge in [-0.3, -0.25) is 0 Å². The summed E-state index contributed by atoms with van der Waals surface area (Å²) in [7, 11) is 0. The highest BCUT2D eigenvalue weighted by Crippen LogP contribution is 2.19. The van der Waals surface area contributed by atoms with Gasteiger partial charge in [0.25, 0.3) is 0 Å². The molecule has 4 heteroatoms. The summed E-state index contributed by atoms with van der Waals surface area (Å²) >= 11 is 0. The molecular formula is C11H12N4. The predicted octanol–water partition coefficient (Wildman–Crippen LogP) is 1.43. The molecule has 0 unspecified atom stereocenters. The van der Waals surface area contributed by atoms with Gasteiger partial charge >= 0.3 is 0 Å². The van der Waals surface area contributed by atoms with Crippen molar-refractivity contribution in [1.29, 1.82) is 10.5 Å². The highest BCUT2D eigenvalue weighted by atomic mass is 15.1. The molecule has 0 aliphatic carbocycles. The van der Waals surface area contributed by atoms with Gasteiger partial charge in [0.15, 0.2) is 0 Å². The first-order valence-electron chi connectivity index (χ1n) is 4.54. The molecule has 1 aromatic carbocycles. The van der Waals surface area contributed by atoms with Crippen molar-refractivity contribution < 1.29 is 0 Å². The Bertz CT molecular complexity index is 409. The third kappa shape index (κ3) is 2.62. The molecule has 0 spiro atoms. The van der Waals surface area contributed by atoms with Crippen LogP contribution in [-0.2, 0) is 0 Å². The minimum Gasteiger partial charge on any atom is -0.399 e. The van der Waals surface area contributed by atoms with E-state index in [4.69, 9.17) is 16.3 Å². The fourth-order valence-corrected chi connectivity index (χ4v) is 1.27. The van der Waals surface area contributed by atoms with Crippen molar-refractivity contribution >= 4 is 11.4 Å². The van der Waals surface area contributed by atoms with Crippen LogP contribution in [0, 0.1) is 29.6 Å². The molecule has 0 saturated heterocycles. The topological polar surface area (TPSA) is 76.8 Å². The maximum atomic E-state index is 8.62. The molecule has 0 bridgehead atoms. The van der Waals surface area contributed by atoms with Crippen LogP contribution in [0.3, 0.4) is 0 Å². The minimum absolute atomic E-state index is 0.205. The van der Waals surface area contributed by atoms with Crippen LogP contribution in [-0.4, -0.2) is 13.1 Å². The average Bonchev–Trinajstić information content (AvgIpc) is 2.22. The van der Waals surface area contributed by atoms with Gasteiger partial charge in [0.2, 0.25) is 0 Å². The van der Waals surface area contributed by atoms with Crippen molar-refractivity contribution in [2.24, 2.45) is 0 Å². The average molecular weight is 200 g/mol. The Morgan fingerprint density at radius 3 is 2.33 bits per heavy atom. The summed E-state index contributed by atoms with van der Waals surface area (Å²) in [5, 5.41) is 17.2. The molecule has 0 saturated carbocycles. The van der Waals surface area contributed by atoms with E-state index in [0.29, 0.717) is 5.69 Å². The number of nitrogens with two attached hydrogens (primary N) is 1. The summed E-state index contributed by atoms with van der Waals surface area (Å²) in [5.74, 6) is 0. The number of benzene rings is 1. The number of nitrogens with zero attached hydrogens (tertiary/aromatic N) is 3. The Balaban J connectivity index is 2.97.